The summed E-state index contributed by atoms with van der Waals surface area (Å²) < 4.78 is 5.00. The van der Waals surface area contributed by atoms with E-state index >= 15 is 0 Å². The monoisotopic (exact) mass is 417 g/mol. The van der Waals surface area contributed by atoms with Gasteiger partial charge < -0.3 is 10.1 Å². The summed E-state index contributed by atoms with van der Waals surface area (Å²) in [6, 6.07) is 23.1. The number of anilines is 1. The van der Waals surface area contributed by atoms with Gasteiger partial charge in [-0.1, -0.05) is 48.5 Å². The van der Waals surface area contributed by atoms with Crippen LogP contribution in [0.4, 0.5) is 5.69 Å². The lowest BCUT2D eigenvalue weighted by Gasteiger charge is -2.11. The Labute approximate surface area is 178 Å². The molecular weight excluding hydrogens is 398 g/mol. The van der Waals surface area contributed by atoms with E-state index in [1.54, 1.807) is 78.9 Å². The van der Waals surface area contributed by atoms with Crippen LogP contribution in [0.25, 0.3) is 0 Å². The molecule has 8 nitrogen and oxygen atoms in total. The highest BCUT2D eigenvalue weighted by Gasteiger charge is 2.16. The van der Waals surface area contributed by atoms with Gasteiger partial charge in [0.1, 0.15) is 0 Å². The average Bonchev–Trinajstić information content (AvgIpc) is 2.82. The Balaban J connectivity index is 1.54. The maximum atomic E-state index is 12.4. The number of amides is 3. The molecule has 0 aliphatic heterocycles. The topological polar surface area (TPSA) is 114 Å². The smallest absolute Gasteiger partial charge is 0.340 e. The Morgan fingerprint density at radius 3 is 1.84 bits per heavy atom. The van der Waals surface area contributed by atoms with Gasteiger partial charge in [0.15, 0.2) is 6.61 Å². The maximum absolute atomic E-state index is 12.4. The molecule has 8 heteroatoms. The molecule has 0 spiro atoms. The van der Waals surface area contributed by atoms with Gasteiger partial charge in [0, 0.05) is 11.1 Å². The predicted molar refractivity (Wildman–Crippen MR) is 113 cm³/mol. The Morgan fingerprint density at radius 1 is 0.645 bits per heavy atom. The van der Waals surface area contributed by atoms with Crippen molar-refractivity contribution in [1.82, 2.24) is 10.9 Å². The highest BCUT2D eigenvalue weighted by atomic mass is 16.5. The number of ether oxygens (including phenoxy) is 1. The normalized spacial score (nSPS) is 9.94. The number of hydrogen-bond donors (Lipinski definition) is 3. The average molecular weight is 417 g/mol. The van der Waals surface area contributed by atoms with Gasteiger partial charge in [0.05, 0.1) is 11.3 Å². The number of nitrogens with one attached hydrogen (secondary N) is 3. The van der Waals surface area contributed by atoms with E-state index in [0.29, 0.717) is 11.1 Å². The highest BCUT2D eigenvalue weighted by Crippen LogP contribution is 2.17. The second kappa shape index (κ2) is 10.4. The first-order valence-corrected chi connectivity index (χ1v) is 9.31. The van der Waals surface area contributed by atoms with Gasteiger partial charge in [-0.05, 0) is 36.4 Å². The molecule has 3 N–H and O–H groups in total. The molecule has 156 valence electrons. The second-order valence-corrected chi connectivity index (χ2v) is 6.31. The lowest BCUT2D eigenvalue weighted by atomic mass is 10.1. The van der Waals surface area contributed by atoms with Crippen LogP contribution in [-0.4, -0.2) is 30.3 Å². The lowest BCUT2D eigenvalue weighted by Crippen LogP contribution is -2.43. The van der Waals surface area contributed by atoms with E-state index in [1.165, 1.54) is 6.07 Å². The van der Waals surface area contributed by atoms with E-state index in [9.17, 15) is 19.2 Å². The Kier molecular flexibility index (Phi) is 7.10. The summed E-state index contributed by atoms with van der Waals surface area (Å²) >= 11 is 0. The van der Waals surface area contributed by atoms with Crippen molar-refractivity contribution in [2.45, 2.75) is 0 Å². The number of benzene rings is 3. The van der Waals surface area contributed by atoms with Crippen molar-refractivity contribution in [3.05, 3.63) is 102 Å². The zero-order valence-corrected chi connectivity index (χ0v) is 16.3. The van der Waals surface area contributed by atoms with E-state index in [2.05, 4.69) is 16.2 Å². The lowest BCUT2D eigenvalue weighted by molar-refractivity contribution is -0.125. The maximum Gasteiger partial charge on any atom is 0.340 e. The molecule has 0 aliphatic rings. The van der Waals surface area contributed by atoms with E-state index in [0.717, 1.165) is 0 Å². The van der Waals surface area contributed by atoms with Crippen molar-refractivity contribution in [3.63, 3.8) is 0 Å². The van der Waals surface area contributed by atoms with Crippen LogP contribution in [0.3, 0.4) is 0 Å². The number of hydrogen-bond acceptors (Lipinski definition) is 5. The van der Waals surface area contributed by atoms with Gasteiger partial charge in [-0.15, -0.1) is 0 Å². The number of para-hydroxylation sites is 1. The second-order valence-electron chi connectivity index (χ2n) is 6.31. The minimum atomic E-state index is -0.798. The third-order valence-corrected chi connectivity index (χ3v) is 4.12. The molecule has 0 saturated heterocycles. The van der Waals surface area contributed by atoms with Crippen LogP contribution in [0.15, 0.2) is 84.9 Å². The molecule has 0 bridgehead atoms. The number of carbonyl (C=O) groups is 4. The van der Waals surface area contributed by atoms with Crippen molar-refractivity contribution in [2.24, 2.45) is 0 Å². The number of hydrazine groups is 1. The van der Waals surface area contributed by atoms with Crippen LogP contribution in [0.2, 0.25) is 0 Å². The molecule has 0 aromatic heterocycles. The summed E-state index contributed by atoms with van der Waals surface area (Å²) in [5.74, 6) is -2.41. The molecular formula is C23H19N3O5. The van der Waals surface area contributed by atoms with Crippen molar-refractivity contribution in [2.75, 3.05) is 11.9 Å². The Bertz CT molecular complexity index is 1080. The molecule has 3 aromatic rings. The van der Waals surface area contributed by atoms with E-state index in [1.807, 2.05) is 0 Å². The highest BCUT2D eigenvalue weighted by molar-refractivity contribution is 6.08. The van der Waals surface area contributed by atoms with Gasteiger partial charge in [0.2, 0.25) is 0 Å². The summed E-state index contributed by atoms with van der Waals surface area (Å²) in [6.07, 6.45) is 0. The summed E-state index contributed by atoms with van der Waals surface area (Å²) in [4.78, 5) is 48.5. The van der Waals surface area contributed by atoms with Crippen molar-refractivity contribution in [3.8, 4) is 0 Å². The standard InChI is InChI=1S/C23H19N3O5/c27-20(25-26-22(29)17-11-5-2-6-12-17)15-31-23(30)18-13-7-8-14-19(18)24-21(28)16-9-3-1-4-10-16/h1-14H,15H2,(H,24,28)(H,25,27)(H,26,29). The first-order valence-electron chi connectivity index (χ1n) is 9.31. The fraction of sp³-hybridized carbons (Fsp3) is 0.0435. The third-order valence-electron chi connectivity index (χ3n) is 4.12. The van der Waals surface area contributed by atoms with Gasteiger partial charge in [-0.2, -0.15) is 0 Å². The summed E-state index contributed by atoms with van der Waals surface area (Å²) in [5, 5.41) is 2.66. The summed E-state index contributed by atoms with van der Waals surface area (Å²) in [6.45, 7) is -0.616. The fourth-order valence-corrected chi connectivity index (χ4v) is 2.59. The zero-order valence-electron chi connectivity index (χ0n) is 16.3. The molecule has 0 atom stereocenters. The Morgan fingerprint density at radius 2 is 1.19 bits per heavy atom. The van der Waals surface area contributed by atoms with Crippen LogP contribution in [0.1, 0.15) is 31.1 Å². The minimum absolute atomic E-state index is 0.0907. The Hall–Kier alpha value is -4.46. The van der Waals surface area contributed by atoms with Crippen LogP contribution in [0.5, 0.6) is 0 Å². The molecule has 0 aliphatic carbocycles. The van der Waals surface area contributed by atoms with E-state index < -0.39 is 24.4 Å². The summed E-state index contributed by atoms with van der Waals surface area (Å²) in [5.41, 5.74) is 5.54. The molecule has 3 amide bonds. The molecule has 0 heterocycles. The predicted octanol–water partition coefficient (Wildman–Crippen LogP) is 2.56. The van der Waals surface area contributed by atoms with Crippen molar-refractivity contribution in [1.29, 1.82) is 0 Å². The first kappa shape index (κ1) is 21.3. The number of esters is 1. The largest absolute Gasteiger partial charge is 0.452 e. The van der Waals surface area contributed by atoms with Crippen molar-refractivity contribution >= 4 is 29.4 Å². The first-order chi connectivity index (χ1) is 15.0. The molecule has 3 aromatic carbocycles. The quantitative estimate of drug-likeness (QED) is 0.421. The van der Waals surface area contributed by atoms with Gasteiger partial charge >= 0.3 is 5.97 Å². The molecule has 0 unspecified atom stereocenters. The fourth-order valence-electron chi connectivity index (χ4n) is 2.59. The van der Waals surface area contributed by atoms with Gasteiger partial charge in [0.25, 0.3) is 17.7 Å². The number of rotatable bonds is 6. The SMILES string of the molecule is O=C(COC(=O)c1ccccc1NC(=O)c1ccccc1)NNC(=O)c1ccccc1. The number of carbonyl (C=O) groups excluding carboxylic acids is 4. The molecule has 0 radical (unpaired) electrons. The van der Waals surface area contributed by atoms with Gasteiger partial charge in [-0.3, -0.25) is 25.2 Å². The zero-order chi connectivity index (χ0) is 22.1. The summed E-state index contributed by atoms with van der Waals surface area (Å²) in [7, 11) is 0. The van der Waals surface area contributed by atoms with Crippen LogP contribution in [0, 0.1) is 0 Å². The minimum Gasteiger partial charge on any atom is -0.452 e. The van der Waals surface area contributed by atoms with Crippen molar-refractivity contribution < 1.29 is 23.9 Å². The molecule has 0 saturated carbocycles. The third kappa shape index (κ3) is 6.01. The van der Waals surface area contributed by atoms with E-state index in [4.69, 9.17) is 4.74 Å². The van der Waals surface area contributed by atoms with Gasteiger partial charge in [-0.25, -0.2) is 4.79 Å². The molecule has 3 rings (SSSR count). The van der Waals surface area contributed by atoms with Crippen LogP contribution in [-0.2, 0) is 9.53 Å². The van der Waals surface area contributed by atoms with Crippen LogP contribution < -0.4 is 16.2 Å². The molecule has 0 fully saturated rings. The van der Waals surface area contributed by atoms with E-state index in [-0.39, 0.29) is 17.2 Å². The van der Waals surface area contributed by atoms with Crippen LogP contribution >= 0.6 is 0 Å². The molecule has 31 heavy (non-hydrogen) atoms.